The van der Waals surface area contributed by atoms with E-state index in [2.05, 4.69) is 34.0 Å². The van der Waals surface area contributed by atoms with Gasteiger partial charge in [-0.05, 0) is 63.0 Å². The highest BCUT2D eigenvalue weighted by atomic mass is 16.6. The van der Waals surface area contributed by atoms with Crippen LogP contribution in [0.1, 0.15) is 93.4 Å². The lowest BCUT2D eigenvalue weighted by Crippen LogP contribution is -2.53. The molecule has 0 aromatic carbocycles. The van der Waals surface area contributed by atoms with Crippen molar-refractivity contribution < 1.29 is 38.5 Å². The second-order valence-electron chi connectivity index (χ2n) is 15.9. The van der Waals surface area contributed by atoms with E-state index in [0.717, 1.165) is 48.8 Å². The molecule has 0 radical (unpaired) electrons. The first kappa shape index (κ1) is 39.2. The highest BCUT2D eigenvalue weighted by Crippen LogP contribution is 2.36. The van der Waals surface area contributed by atoms with Gasteiger partial charge in [0.25, 0.3) is 0 Å². The smallest absolute Gasteiger partial charge is 0.410 e. The van der Waals surface area contributed by atoms with Crippen molar-refractivity contribution in [3.63, 3.8) is 0 Å². The van der Waals surface area contributed by atoms with E-state index in [1.54, 1.807) is 24.9 Å². The molecule has 3 rings (SSSR count). The molecule has 10 atom stereocenters. The van der Waals surface area contributed by atoms with E-state index in [0.29, 0.717) is 12.8 Å². The number of nitrogens with zero attached hydrogens (tertiary/aromatic N) is 2. The van der Waals surface area contributed by atoms with Gasteiger partial charge in [0, 0.05) is 44.2 Å². The number of aliphatic hydroxyl groups excluding tert-OH is 1. The van der Waals surface area contributed by atoms with Crippen LogP contribution in [0.15, 0.2) is 36.0 Å². The van der Waals surface area contributed by atoms with Gasteiger partial charge in [-0.3, -0.25) is 4.79 Å². The number of rotatable bonds is 10. The third-order valence-corrected chi connectivity index (χ3v) is 10.8. The number of amides is 1. The Morgan fingerprint density at radius 3 is 2.49 bits per heavy atom. The molecule has 0 spiro atoms. The molecule has 2 N–H and O–H groups in total. The van der Waals surface area contributed by atoms with Crippen LogP contribution in [-0.2, 0) is 19.0 Å². The summed E-state index contributed by atoms with van der Waals surface area (Å²) >= 11 is 0. The normalized spacial score (nSPS) is 35.1. The summed E-state index contributed by atoms with van der Waals surface area (Å²) in [6.45, 7) is 15.8. The third kappa shape index (κ3) is 11.7. The Labute approximate surface area is 284 Å². The van der Waals surface area contributed by atoms with Gasteiger partial charge in [-0.2, -0.15) is 0 Å². The summed E-state index contributed by atoms with van der Waals surface area (Å²) in [6.07, 6.45) is 12.6. The molecule has 3 aliphatic heterocycles. The number of hydrogen-bond acceptors (Lipinski definition) is 7. The molecule has 0 aliphatic carbocycles. The van der Waals surface area contributed by atoms with Crippen LogP contribution in [0.25, 0.3) is 0 Å². The van der Waals surface area contributed by atoms with Crippen molar-refractivity contribution in [3.8, 4) is 0 Å². The Morgan fingerprint density at radius 1 is 1.19 bits per heavy atom. The fraction of sp³-hybridized carbons (Fsp3) is 0.789. The van der Waals surface area contributed by atoms with Crippen LogP contribution in [0.4, 0.5) is 4.79 Å². The molecule has 9 heteroatoms. The van der Waals surface area contributed by atoms with Crippen LogP contribution in [0.5, 0.6) is 0 Å². The molecule has 9 nitrogen and oxygen atoms in total. The first-order valence-corrected chi connectivity index (χ1v) is 18.0. The number of esters is 1. The van der Waals surface area contributed by atoms with Gasteiger partial charge in [-0.25, -0.2) is 4.79 Å². The summed E-state index contributed by atoms with van der Waals surface area (Å²) < 4.78 is 18.9. The lowest BCUT2D eigenvalue weighted by molar-refractivity contribution is -0.895. The highest BCUT2D eigenvalue weighted by Gasteiger charge is 2.45. The van der Waals surface area contributed by atoms with Crippen molar-refractivity contribution >= 4 is 12.1 Å². The van der Waals surface area contributed by atoms with Crippen LogP contribution >= 0.6 is 0 Å². The molecular formula is C38H65N2O7+. The SMILES string of the molecule is CC[C@H](O)[C@@H](C)[C@H]1O[C@@H]1C[C@H](C)/C=C/C=C(\C)[C@H]1OC(=O)C[C@H](C)CC[C@@](C)(O)[C@@H](OC(=O)N(C)C2CC[N+](C)(C)CC2)/C=C/[C@@H]1C. The maximum absolute atomic E-state index is 13.4. The van der Waals surface area contributed by atoms with Crippen molar-refractivity contribution in [1.82, 2.24) is 4.90 Å². The van der Waals surface area contributed by atoms with Gasteiger partial charge in [-0.15, -0.1) is 0 Å². The van der Waals surface area contributed by atoms with Crippen molar-refractivity contribution in [2.45, 2.75) is 136 Å². The summed E-state index contributed by atoms with van der Waals surface area (Å²) in [5, 5.41) is 21.7. The summed E-state index contributed by atoms with van der Waals surface area (Å²) in [5.41, 5.74) is -0.395. The summed E-state index contributed by atoms with van der Waals surface area (Å²) in [5.74, 6) is -0.0704. The molecule has 0 bridgehead atoms. The first-order chi connectivity index (χ1) is 21.9. The zero-order chi connectivity index (χ0) is 35.1. The van der Waals surface area contributed by atoms with Crippen LogP contribution in [0.2, 0.25) is 0 Å². The van der Waals surface area contributed by atoms with Crippen molar-refractivity contribution in [1.29, 1.82) is 0 Å². The number of piperidine rings is 1. The number of quaternary nitrogens is 1. The Kier molecular flexibility index (Phi) is 14.2. The summed E-state index contributed by atoms with van der Waals surface area (Å²) in [7, 11) is 6.22. The average molecular weight is 662 g/mol. The quantitative estimate of drug-likeness (QED) is 0.0966. The van der Waals surface area contributed by atoms with E-state index in [4.69, 9.17) is 14.2 Å². The number of carbonyl (C=O) groups is 2. The number of aliphatic hydroxyl groups is 2. The van der Waals surface area contributed by atoms with Crippen LogP contribution < -0.4 is 0 Å². The van der Waals surface area contributed by atoms with E-state index in [-0.39, 0.29) is 60.4 Å². The van der Waals surface area contributed by atoms with E-state index in [1.807, 2.05) is 45.9 Å². The number of ether oxygens (including phenoxy) is 3. The standard InChI is InChI=1S/C38H65N2O7/c1-11-31(41)29(6)36-32(45-36)23-25(2)13-12-14-27(4)35-28(5)15-16-33(38(7,44)20-17-26(3)24-34(42)47-35)46-37(43)39(8)30-18-21-40(9,10)22-19-30/h12-16,25-26,28-33,35-36,41,44H,11,17-24H2,1-10H3/q+1/b13-12+,16-15+,27-14+/t25-,26-,28+,29-,31+,32-,33+,35-,36-,38-/m1/s1. The number of cyclic esters (lactones) is 1. The fourth-order valence-corrected chi connectivity index (χ4v) is 6.94. The third-order valence-electron chi connectivity index (χ3n) is 10.8. The molecule has 2 saturated heterocycles. The number of allylic oxidation sites excluding steroid dienone is 3. The van der Waals surface area contributed by atoms with Gasteiger partial charge in [-0.1, -0.05) is 58.9 Å². The van der Waals surface area contributed by atoms with Crippen molar-refractivity contribution in [2.24, 2.45) is 23.7 Å². The maximum Gasteiger partial charge on any atom is 0.410 e. The molecule has 1 amide bonds. The van der Waals surface area contributed by atoms with Crippen LogP contribution in [-0.4, -0.2) is 108 Å². The molecule has 2 fully saturated rings. The molecule has 0 aromatic heterocycles. The maximum atomic E-state index is 13.4. The number of likely N-dealkylation sites (tertiary alicyclic amines) is 1. The summed E-state index contributed by atoms with van der Waals surface area (Å²) in [4.78, 5) is 28.1. The Balaban J connectivity index is 1.72. The second kappa shape index (κ2) is 17.0. The molecule has 3 heterocycles. The number of epoxide rings is 1. The predicted octanol–water partition coefficient (Wildman–Crippen LogP) is 6.04. The zero-order valence-corrected chi connectivity index (χ0v) is 30.9. The van der Waals surface area contributed by atoms with Crippen LogP contribution in [0, 0.1) is 23.7 Å². The Hall–Kier alpha value is -2.20. The Morgan fingerprint density at radius 2 is 1.85 bits per heavy atom. The lowest BCUT2D eigenvalue weighted by Gasteiger charge is -2.40. The predicted molar refractivity (Wildman–Crippen MR) is 186 cm³/mol. The minimum atomic E-state index is -1.30. The fourth-order valence-electron chi connectivity index (χ4n) is 6.94. The van der Waals surface area contributed by atoms with Crippen LogP contribution in [0.3, 0.4) is 0 Å². The van der Waals surface area contributed by atoms with Gasteiger partial charge < -0.3 is 33.8 Å². The van der Waals surface area contributed by atoms with Gasteiger partial charge in [0.2, 0.25) is 0 Å². The van der Waals surface area contributed by atoms with Gasteiger partial charge in [0.05, 0.1) is 45.5 Å². The molecule has 268 valence electrons. The molecule has 0 saturated carbocycles. The second-order valence-corrected chi connectivity index (χ2v) is 15.9. The minimum absolute atomic E-state index is 0.00395. The molecule has 0 unspecified atom stereocenters. The topological polar surface area (TPSA) is 109 Å². The lowest BCUT2D eigenvalue weighted by atomic mass is 9.87. The highest BCUT2D eigenvalue weighted by molar-refractivity contribution is 5.70. The van der Waals surface area contributed by atoms with Gasteiger partial charge in [0.15, 0.2) is 6.10 Å². The molecular weight excluding hydrogens is 596 g/mol. The Bertz CT molecular complexity index is 1120. The van der Waals surface area contributed by atoms with E-state index in [9.17, 15) is 19.8 Å². The van der Waals surface area contributed by atoms with Crippen molar-refractivity contribution in [2.75, 3.05) is 34.2 Å². The van der Waals surface area contributed by atoms with Gasteiger partial charge in [0.1, 0.15) is 11.7 Å². The molecule has 3 aliphatic rings. The van der Waals surface area contributed by atoms with Gasteiger partial charge >= 0.3 is 12.1 Å². The molecule has 0 aromatic rings. The minimum Gasteiger partial charge on any atom is -0.457 e. The zero-order valence-electron chi connectivity index (χ0n) is 30.9. The monoisotopic (exact) mass is 661 g/mol. The number of carbonyl (C=O) groups excluding carboxylic acids is 2. The summed E-state index contributed by atoms with van der Waals surface area (Å²) in [6, 6.07) is 0.107. The van der Waals surface area contributed by atoms with E-state index in [1.165, 1.54) is 0 Å². The van der Waals surface area contributed by atoms with E-state index >= 15 is 0 Å². The first-order valence-electron chi connectivity index (χ1n) is 18.0. The molecule has 47 heavy (non-hydrogen) atoms. The van der Waals surface area contributed by atoms with Crippen molar-refractivity contribution in [3.05, 3.63) is 36.0 Å². The number of hydrogen-bond donors (Lipinski definition) is 2. The largest absolute Gasteiger partial charge is 0.457 e. The van der Waals surface area contributed by atoms with E-state index < -0.39 is 23.9 Å². The average Bonchev–Trinajstić information content (AvgIpc) is 3.77.